The number of amides is 2. The summed E-state index contributed by atoms with van der Waals surface area (Å²) in [6.07, 6.45) is -0.768. The third-order valence-corrected chi connectivity index (χ3v) is 5.90. The lowest BCUT2D eigenvalue weighted by Gasteiger charge is -2.17. The fourth-order valence-electron chi connectivity index (χ4n) is 2.92. The molecule has 0 bridgehead atoms. The molecule has 0 spiro atoms. The Kier molecular flexibility index (Phi) is 7.53. The highest BCUT2D eigenvalue weighted by atomic mass is 32.2. The number of rotatable bonds is 7. The van der Waals surface area contributed by atoms with Crippen LogP contribution in [0.25, 0.3) is 5.69 Å². The van der Waals surface area contributed by atoms with Crippen LogP contribution in [-0.2, 0) is 9.59 Å². The lowest BCUT2D eigenvalue weighted by atomic mass is 10.1. The molecule has 9 heteroatoms. The smallest absolute Gasteiger partial charge is 0.279 e. The second-order valence-electron chi connectivity index (χ2n) is 7.48. The van der Waals surface area contributed by atoms with E-state index < -0.39 is 12.0 Å². The Labute approximate surface area is 191 Å². The quantitative estimate of drug-likeness (QED) is 0.421. The van der Waals surface area contributed by atoms with Crippen LogP contribution in [0.5, 0.6) is 5.75 Å². The minimum absolute atomic E-state index is 0.0660. The molecule has 3 aromatic rings. The Morgan fingerprint density at radius 1 is 1.03 bits per heavy atom. The van der Waals surface area contributed by atoms with Gasteiger partial charge in [0.2, 0.25) is 5.91 Å². The standard InChI is InChI=1S/C23H27N5O3S/c1-14-9-11-19(12-10-14)28-18(5)24-27-23(28)32-13-21(29)25-26-22(30)17(4)31-20-8-6-7-15(2)16(20)3/h6-12,17H,13H2,1-5H3,(H,25,29)(H,26,30). The van der Waals surface area contributed by atoms with Crippen LogP contribution in [0.1, 0.15) is 29.4 Å². The van der Waals surface area contributed by atoms with Crippen LogP contribution in [0.4, 0.5) is 0 Å². The van der Waals surface area contributed by atoms with Crippen LogP contribution < -0.4 is 15.6 Å². The van der Waals surface area contributed by atoms with E-state index in [9.17, 15) is 9.59 Å². The number of nitrogens with one attached hydrogen (secondary N) is 2. The minimum Gasteiger partial charge on any atom is -0.481 e. The van der Waals surface area contributed by atoms with Crippen molar-refractivity contribution >= 4 is 23.6 Å². The summed E-state index contributed by atoms with van der Waals surface area (Å²) in [5, 5.41) is 8.88. The Hall–Kier alpha value is -3.33. The van der Waals surface area contributed by atoms with Gasteiger partial charge in [-0.2, -0.15) is 0 Å². The average Bonchev–Trinajstić information content (AvgIpc) is 3.14. The van der Waals surface area contributed by atoms with E-state index in [2.05, 4.69) is 21.0 Å². The van der Waals surface area contributed by atoms with Crippen molar-refractivity contribution in [2.75, 3.05) is 5.75 Å². The zero-order chi connectivity index (χ0) is 23.3. The van der Waals surface area contributed by atoms with Crippen molar-refractivity contribution < 1.29 is 14.3 Å². The predicted octanol–water partition coefficient (Wildman–Crippen LogP) is 3.21. The normalized spacial score (nSPS) is 11.7. The van der Waals surface area contributed by atoms with Crippen LogP contribution in [0.2, 0.25) is 0 Å². The molecular weight excluding hydrogens is 426 g/mol. The maximum absolute atomic E-state index is 12.3. The summed E-state index contributed by atoms with van der Waals surface area (Å²) in [5.41, 5.74) is 8.96. The maximum Gasteiger partial charge on any atom is 0.279 e. The van der Waals surface area contributed by atoms with Gasteiger partial charge in [-0.3, -0.25) is 25.0 Å². The van der Waals surface area contributed by atoms with E-state index in [1.165, 1.54) is 11.8 Å². The molecule has 0 radical (unpaired) electrons. The fraction of sp³-hybridized carbons (Fsp3) is 0.304. The summed E-state index contributed by atoms with van der Waals surface area (Å²) in [6.45, 7) is 9.42. The second-order valence-corrected chi connectivity index (χ2v) is 8.43. The molecular formula is C23H27N5O3S. The molecule has 2 amide bonds. The molecule has 8 nitrogen and oxygen atoms in total. The van der Waals surface area contributed by atoms with Crippen molar-refractivity contribution in [1.82, 2.24) is 25.6 Å². The van der Waals surface area contributed by atoms with Crippen LogP contribution in [0.15, 0.2) is 47.6 Å². The first-order valence-electron chi connectivity index (χ1n) is 10.2. The molecule has 1 aromatic heterocycles. The van der Waals surface area contributed by atoms with Crippen LogP contribution >= 0.6 is 11.8 Å². The van der Waals surface area contributed by atoms with Gasteiger partial charge in [0.1, 0.15) is 11.6 Å². The third-order valence-electron chi connectivity index (χ3n) is 4.97. The van der Waals surface area contributed by atoms with Gasteiger partial charge in [-0.25, -0.2) is 0 Å². The highest BCUT2D eigenvalue weighted by Crippen LogP contribution is 2.23. The molecule has 32 heavy (non-hydrogen) atoms. The van der Waals surface area contributed by atoms with Gasteiger partial charge in [0, 0.05) is 5.69 Å². The van der Waals surface area contributed by atoms with Crippen molar-refractivity contribution in [2.24, 2.45) is 0 Å². The zero-order valence-electron chi connectivity index (χ0n) is 18.8. The monoisotopic (exact) mass is 453 g/mol. The first-order chi connectivity index (χ1) is 15.3. The lowest BCUT2D eigenvalue weighted by Crippen LogP contribution is -2.47. The molecule has 1 heterocycles. The summed E-state index contributed by atoms with van der Waals surface area (Å²) >= 11 is 1.24. The lowest BCUT2D eigenvalue weighted by molar-refractivity contribution is -0.131. The van der Waals surface area contributed by atoms with Crippen molar-refractivity contribution in [3.63, 3.8) is 0 Å². The summed E-state index contributed by atoms with van der Waals surface area (Å²) in [6, 6.07) is 13.6. The SMILES string of the molecule is Cc1ccc(-n2c(C)nnc2SCC(=O)NNC(=O)C(C)Oc2cccc(C)c2C)cc1. The largest absolute Gasteiger partial charge is 0.481 e. The molecule has 2 aromatic carbocycles. The molecule has 0 saturated heterocycles. The fourth-order valence-corrected chi connectivity index (χ4v) is 3.72. The number of aromatic nitrogens is 3. The molecule has 0 aliphatic rings. The Morgan fingerprint density at radius 2 is 1.75 bits per heavy atom. The number of thioether (sulfide) groups is 1. The van der Waals surface area contributed by atoms with Crippen LogP contribution in [-0.4, -0.2) is 38.4 Å². The molecule has 2 N–H and O–H groups in total. The van der Waals surface area contributed by atoms with Gasteiger partial charge in [-0.1, -0.05) is 41.6 Å². The molecule has 1 unspecified atom stereocenters. The number of hydrazine groups is 1. The topological polar surface area (TPSA) is 98.1 Å². The highest BCUT2D eigenvalue weighted by molar-refractivity contribution is 7.99. The highest BCUT2D eigenvalue weighted by Gasteiger charge is 2.18. The molecule has 0 fully saturated rings. The van der Waals surface area contributed by atoms with E-state index in [-0.39, 0.29) is 11.7 Å². The third kappa shape index (κ3) is 5.67. The molecule has 3 rings (SSSR count). The van der Waals surface area contributed by atoms with Gasteiger partial charge >= 0.3 is 0 Å². The number of carbonyl (C=O) groups is 2. The molecule has 1 atom stereocenters. The number of nitrogens with zero attached hydrogens (tertiary/aromatic N) is 3. The van der Waals surface area contributed by atoms with E-state index in [1.54, 1.807) is 6.92 Å². The van der Waals surface area contributed by atoms with Gasteiger partial charge in [-0.15, -0.1) is 10.2 Å². The molecule has 0 aliphatic heterocycles. The summed E-state index contributed by atoms with van der Waals surface area (Å²) in [4.78, 5) is 24.6. The van der Waals surface area contributed by atoms with Crippen LogP contribution in [0.3, 0.4) is 0 Å². The number of benzene rings is 2. The van der Waals surface area contributed by atoms with Crippen LogP contribution in [0, 0.1) is 27.7 Å². The van der Waals surface area contributed by atoms with Crippen molar-refractivity contribution in [2.45, 2.75) is 45.9 Å². The zero-order valence-corrected chi connectivity index (χ0v) is 19.6. The van der Waals surface area contributed by atoms with Crippen molar-refractivity contribution in [3.05, 3.63) is 65.0 Å². The summed E-state index contributed by atoms with van der Waals surface area (Å²) < 4.78 is 7.62. The van der Waals surface area contributed by atoms with E-state index in [0.717, 1.165) is 28.2 Å². The van der Waals surface area contributed by atoms with E-state index in [4.69, 9.17) is 4.74 Å². The number of aryl methyl sites for hydroxylation is 3. The van der Waals surface area contributed by atoms with Gasteiger partial charge in [0.25, 0.3) is 5.91 Å². The number of ether oxygens (including phenoxy) is 1. The van der Waals surface area contributed by atoms with Gasteiger partial charge in [0.05, 0.1) is 5.75 Å². The maximum atomic E-state index is 12.3. The average molecular weight is 454 g/mol. The second kappa shape index (κ2) is 10.3. The minimum atomic E-state index is -0.768. The van der Waals surface area contributed by atoms with E-state index in [0.29, 0.717) is 10.9 Å². The Balaban J connectivity index is 1.52. The summed E-state index contributed by atoms with van der Waals surface area (Å²) in [5.74, 6) is 0.625. The molecule has 0 aliphatic carbocycles. The molecule has 168 valence electrons. The first kappa shape index (κ1) is 23.3. The Bertz CT molecular complexity index is 1110. The number of hydrogen-bond donors (Lipinski definition) is 2. The van der Waals surface area contributed by atoms with Gasteiger partial charge < -0.3 is 4.74 Å². The van der Waals surface area contributed by atoms with Gasteiger partial charge in [-0.05, 0) is 63.9 Å². The number of carbonyl (C=O) groups excluding carboxylic acids is 2. The first-order valence-corrected chi connectivity index (χ1v) is 11.2. The van der Waals surface area contributed by atoms with E-state index >= 15 is 0 Å². The van der Waals surface area contributed by atoms with Gasteiger partial charge in [0.15, 0.2) is 11.3 Å². The molecule has 0 saturated carbocycles. The van der Waals surface area contributed by atoms with E-state index in [1.807, 2.05) is 74.7 Å². The van der Waals surface area contributed by atoms with Crippen molar-refractivity contribution in [3.8, 4) is 11.4 Å². The summed E-state index contributed by atoms with van der Waals surface area (Å²) in [7, 11) is 0. The predicted molar refractivity (Wildman–Crippen MR) is 124 cm³/mol. The van der Waals surface area contributed by atoms with Crippen molar-refractivity contribution in [1.29, 1.82) is 0 Å². The Morgan fingerprint density at radius 3 is 2.47 bits per heavy atom. The number of hydrogen-bond acceptors (Lipinski definition) is 6.